The van der Waals surface area contributed by atoms with Gasteiger partial charge in [0.2, 0.25) is 5.91 Å². The monoisotopic (exact) mass is 168 g/mol. The van der Waals surface area contributed by atoms with Crippen LogP contribution in [0, 0.1) is 0 Å². The first-order valence-electron chi connectivity index (χ1n) is 3.87. The first-order chi connectivity index (χ1) is 5.79. The summed E-state index contributed by atoms with van der Waals surface area (Å²) in [6.07, 6.45) is 3.18. The molecule has 12 heavy (non-hydrogen) atoms. The highest BCUT2D eigenvalue weighted by atomic mass is 16.1. The lowest BCUT2D eigenvalue weighted by Crippen LogP contribution is -2.21. The Morgan fingerprint density at radius 3 is 3.17 bits per heavy atom. The predicted molar refractivity (Wildman–Crippen MR) is 43.4 cm³/mol. The van der Waals surface area contributed by atoms with Gasteiger partial charge in [0.15, 0.2) is 0 Å². The van der Waals surface area contributed by atoms with E-state index in [0.717, 1.165) is 18.7 Å². The van der Waals surface area contributed by atoms with Gasteiger partial charge in [-0.15, -0.1) is 0 Å². The summed E-state index contributed by atoms with van der Waals surface area (Å²) in [5.74, 6) is 0.868. The summed E-state index contributed by atoms with van der Waals surface area (Å²) >= 11 is 0. The minimum absolute atomic E-state index is 0.00701. The number of nitrogens with zero attached hydrogens (tertiary/aromatic N) is 2. The number of aryl methyl sites for hydroxylation is 1. The zero-order valence-corrected chi connectivity index (χ0v) is 7.00. The van der Waals surface area contributed by atoms with Crippen LogP contribution < -0.4 is 5.32 Å². The van der Waals surface area contributed by atoms with Gasteiger partial charge in [0.05, 0.1) is 0 Å². The number of aromatic nitrogens is 3. The van der Waals surface area contributed by atoms with E-state index >= 15 is 0 Å². The van der Waals surface area contributed by atoms with E-state index < -0.39 is 0 Å². The molecule has 1 rings (SSSR count). The van der Waals surface area contributed by atoms with E-state index in [0.29, 0.717) is 6.54 Å². The third-order valence-corrected chi connectivity index (χ3v) is 1.43. The van der Waals surface area contributed by atoms with Crippen LogP contribution in [0.25, 0.3) is 0 Å². The summed E-state index contributed by atoms with van der Waals surface area (Å²) in [5.41, 5.74) is 0. The number of H-pyrrole nitrogens is 1. The second-order valence-corrected chi connectivity index (χ2v) is 2.52. The van der Waals surface area contributed by atoms with E-state index in [2.05, 4.69) is 20.5 Å². The van der Waals surface area contributed by atoms with Crippen molar-refractivity contribution in [3.63, 3.8) is 0 Å². The number of aromatic amines is 1. The quantitative estimate of drug-likeness (QED) is 0.615. The molecule has 0 unspecified atom stereocenters. The Balaban J connectivity index is 2.07. The molecular formula is C7H12N4O. The van der Waals surface area contributed by atoms with Gasteiger partial charge in [-0.1, -0.05) is 0 Å². The summed E-state index contributed by atoms with van der Waals surface area (Å²) in [5, 5.41) is 9.17. The van der Waals surface area contributed by atoms with Gasteiger partial charge in [-0.3, -0.25) is 9.89 Å². The average molecular weight is 168 g/mol. The first kappa shape index (κ1) is 8.70. The van der Waals surface area contributed by atoms with Crippen molar-refractivity contribution in [1.29, 1.82) is 0 Å². The topological polar surface area (TPSA) is 70.7 Å². The molecule has 0 aliphatic carbocycles. The van der Waals surface area contributed by atoms with E-state index in [4.69, 9.17) is 0 Å². The van der Waals surface area contributed by atoms with Crippen molar-refractivity contribution in [1.82, 2.24) is 20.5 Å². The van der Waals surface area contributed by atoms with Crippen molar-refractivity contribution in [2.24, 2.45) is 0 Å². The minimum Gasteiger partial charge on any atom is -0.356 e. The van der Waals surface area contributed by atoms with E-state index in [-0.39, 0.29) is 5.91 Å². The van der Waals surface area contributed by atoms with Gasteiger partial charge in [-0.05, 0) is 6.42 Å². The van der Waals surface area contributed by atoms with Crippen LogP contribution in [0.5, 0.6) is 0 Å². The zero-order chi connectivity index (χ0) is 8.81. The van der Waals surface area contributed by atoms with Crippen LogP contribution >= 0.6 is 0 Å². The highest BCUT2D eigenvalue weighted by Gasteiger charge is 1.95. The van der Waals surface area contributed by atoms with Crippen molar-refractivity contribution in [2.75, 3.05) is 6.54 Å². The maximum Gasteiger partial charge on any atom is 0.216 e. The van der Waals surface area contributed by atoms with Gasteiger partial charge < -0.3 is 5.32 Å². The molecule has 1 heterocycles. The van der Waals surface area contributed by atoms with Gasteiger partial charge in [0, 0.05) is 19.9 Å². The Labute approximate surface area is 70.6 Å². The van der Waals surface area contributed by atoms with Crippen LogP contribution in [-0.2, 0) is 11.2 Å². The molecule has 0 fully saturated rings. The Morgan fingerprint density at radius 1 is 1.75 bits per heavy atom. The molecular weight excluding hydrogens is 156 g/mol. The van der Waals surface area contributed by atoms with Crippen LogP contribution in [-0.4, -0.2) is 27.6 Å². The van der Waals surface area contributed by atoms with E-state index in [9.17, 15) is 4.79 Å². The average Bonchev–Trinajstić information content (AvgIpc) is 2.49. The number of carbonyl (C=O) groups is 1. The smallest absolute Gasteiger partial charge is 0.216 e. The fourth-order valence-electron chi connectivity index (χ4n) is 0.872. The second kappa shape index (κ2) is 4.48. The van der Waals surface area contributed by atoms with Crippen LogP contribution in [0.1, 0.15) is 19.2 Å². The van der Waals surface area contributed by atoms with Gasteiger partial charge in [0.25, 0.3) is 0 Å². The molecule has 0 saturated heterocycles. The lowest BCUT2D eigenvalue weighted by molar-refractivity contribution is -0.118. The third kappa shape index (κ3) is 3.14. The molecule has 1 aromatic rings. The van der Waals surface area contributed by atoms with Crippen molar-refractivity contribution >= 4 is 5.91 Å². The minimum atomic E-state index is 0.00701. The van der Waals surface area contributed by atoms with Gasteiger partial charge in [0.1, 0.15) is 12.2 Å². The van der Waals surface area contributed by atoms with E-state index in [1.165, 1.54) is 13.3 Å². The summed E-state index contributed by atoms with van der Waals surface area (Å²) in [6, 6.07) is 0. The van der Waals surface area contributed by atoms with Crippen LogP contribution in [0.3, 0.4) is 0 Å². The van der Waals surface area contributed by atoms with Crippen LogP contribution in [0.15, 0.2) is 6.33 Å². The molecule has 5 heteroatoms. The predicted octanol–water partition coefficient (Wildman–Crippen LogP) is -0.127. The number of nitrogens with one attached hydrogen (secondary N) is 2. The van der Waals surface area contributed by atoms with Gasteiger partial charge >= 0.3 is 0 Å². The second-order valence-electron chi connectivity index (χ2n) is 2.52. The Morgan fingerprint density at radius 2 is 2.58 bits per heavy atom. The lowest BCUT2D eigenvalue weighted by Gasteiger charge is -1.98. The Hall–Kier alpha value is -1.39. The largest absolute Gasteiger partial charge is 0.356 e. The van der Waals surface area contributed by atoms with Crippen LogP contribution in [0.2, 0.25) is 0 Å². The zero-order valence-electron chi connectivity index (χ0n) is 7.00. The molecule has 0 radical (unpaired) electrons. The Bertz CT molecular complexity index is 232. The molecule has 5 nitrogen and oxygen atoms in total. The number of hydrogen-bond donors (Lipinski definition) is 2. The normalized spacial score (nSPS) is 9.75. The fraction of sp³-hybridized carbons (Fsp3) is 0.571. The van der Waals surface area contributed by atoms with Gasteiger partial charge in [-0.25, -0.2) is 4.98 Å². The molecule has 0 aromatic carbocycles. The number of carbonyl (C=O) groups excluding carboxylic acids is 1. The van der Waals surface area contributed by atoms with Crippen molar-refractivity contribution in [3.05, 3.63) is 12.2 Å². The third-order valence-electron chi connectivity index (χ3n) is 1.43. The molecule has 1 amide bonds. The van der Waals surface area contributed by atoms with Gasteiger partial charge in [-0.2, -0.15) is 5.10 Å². The van der Waals surface area contributed by atoms with E-state index in [1.54, 1.807) is 0 Å². The van der Waals surface area contributed by atoms with Crippen LogP contribution in [0.4, 0.5) is 0 Å². The summed E-state index contributed by atoms with van der Waals surface area (Å²) in [7, 11) is 0. The maximum atomic E-state index is 10.5. The molecule has 66 valence electrons. The maximum absolute atomic E-state index is 10.5. The molecule has 0 saturated carbocycles. The molecule has 0 aliphatic rings. The first-order valence-corrected chi connectivity index (χ1v) is 3.87. The molecule has 0 bridgehead atoms. The van der Waals surface area contributed by atoms with E-state index in [1.807, 2.05) is 0 Å². The summed E-state index contributed by atoms with van der Waals surface area (Å²) in [6.45, 7) is 2.20. The number of rotatable bonds is 4. The molecule has 2 N–H and O–H groups in total. The summed E-state index contributed by atoms with van der Waals surface area (Å²) < 4.78 is 0. The summed E-state index contributed by atoms with van der Waals surface area (Å²) in [4.78, 5) is 14.4. The number of amides is 1. The van der Waals surface area contributed by atoms with Crippen molar-refractivity contribution in [3.8, 4) is 0 Å². The highest BCUT2D eigenvalue weighted by Crippen LogP contribution is 1.90. The molecule has 0 spiro atoms. The highest BCUT2D eigenvalue weighted by molar-refractivity contribution is 5.72. The molecule has 1 aromatic heterocycles. The fourth-order valence-corrected chi connectivity index (χ4v) is 0.872. The Kier molecular flexibility index (Phi) is 3.25. The van der Waals surface area contributed by atoms with Crippen molar-refractivity contribution < 1.29 is 4.79 Å². The molecule has 0 aliphatic heterocycles. The molecule has 0 atom stereocenters. The lowest BCUT2D eigenvalue weighted by atomic mass is 10.3. The van der Waals surface area contributed by atoms with Crippen molar-refractivity contribution in [2.45, 2.75) is 19.8 Å². The SMILES string of the molecule is CC(=O)NCCCc1ncn[nH]1. The number of hydrogen-bond acceptors (Lipinski definition) is 3. The standard InChI is InChI=1S/C7H12N4O/c1-6(12)8-4-2-3-7-9-5-10-11-7/h5H,2-4H2,1H3,(H,8,12)(H,9,10,11).